The van der Waals surface area contributed by atoms with Crippen molar-refractivity contribution in [3.63, 3.8) is 0 Å². The van der Waals surface area contributed by atoms with Crippen molar-refractivity contribution in [1.82, 2.24) is 29.7 Å². The zero-order valence-corrected chi connectivity index (χ0v) is 15.9. The lowest BCUT2D eigenvalue weighted by Crippen LogP contribution is -2.38. The van der Waals surface area contributed by atoms with Crippen LogP contribution in [0.2, 0.25) is 0 Å². The van der Waals surface area contributed by atoms with Crippen LogP contribution >= 0.6 is 0 Å². The minimum atomic E-state index is 0.0417. The Labute approximate surface area is 166 Å². The van der Waals surface area contributed by atoms with Crippen LogP contribution in [0.1, 0.15) is 25.0 Å². The number of carbonyl (C=O) groups is 1. The maximum atomic E-state index is 12.5. The summed E-state index contributed by atoms with van der Waals surface area (Å²) in [6, 6.07) is 4.29. The molecular weight excluding hydrogens is 370 g/mol. The molecule has 5 rings (SSSR count). The van der Waals surface area contributed by atoms with E-state index in [4.69, 9.17) is 4.42 Å². The van der Waals surface area contributed by atoms with E-state index in [0.29, 0.717) is 30.2 Å². The Balaban J connectivity index is 1.19. The van der Waals surface area contributed by atoms with E-state index in [9.17, 15) is 4.79 Å². The quantitative estimate of drug-likeness (QED) is 0.556. The Bertz CT molecular complexity index is 1120. The standard InChI is InChI=1S/C20H21N7O2/c28-18(24-11-15-10-23-17-12-21-6-8-27(15)17)9-14-3-2-7-26(13-14)20-25-19-16(29-20)4-1-5-22-19/h1,4-6,8,10,12,14H,2-3,7,9,11,13H2,(H,24,28). The molecule has 4 aromatic heterocycles. The molecule has 1 atom stereocenters. The van der Waals surface area contributed by atoms with Gasteiger partial charge in [-0.2, -0.15) is 4.98 Å². The van der Waals surface area contributed by atoms with Crippen LogP contribution in [-0.4, -0.2) is 43.3 Å². The monoisotopic (exact) mass is 391 g/mol. The summed E-state index contributed by atoms with van der Waals surface area (Å²) in [5.74, 6) is 0.304. The van der Waals surface area contributed by atoms with Gasteiger partial charge in [-0.05, 0) is 30.9 Å². The summed E-state index contributed by atoms with van der Waals surface area (Å²) in [6.07, 6.45) is 11.2. The fraction of sp³-hybridized carbons (Fsp3) is 0.350. The topological polar surface area (TPSA) is 101 Å². The first-order valence-corrected chi connectivity index (χ1v) is 9.75. The maximum Gasteiger partial charge on any atom is 0.299 e. The third-order valence-electron chi connectivity index (χ3n) is 5.28. The molecule has 1 fully saturated rings. The summed E-state index contributed by atoms with van der Waals surface area (Å²) in [6.45, 7) is 2.07. The highest BCUT2D eigenvalue weighted by Gasteiger charge is 2.25. The second-order valence-electron chi connectivity index (χ2n) is 7.31. The predicted molar refractivity (Wildman–Crippen MR) is 106 cm³/mol. The van der Waals surface area contributed by atoms with Crippen molar-refractivity contribution in [3.05, 3.63) is 48.8 Å². The van der Waals surface area contributed by atoms with Gasteiger partial charge in [0.05, 0.1) is 24.6 Å². The Kier molecular flexibility index (Phi) is 4.55. The molecular formula is C20H21N7O2. The summed E-state index contributed by atoms with van der Waals surface area (Å²) in [5, 5.41) is 3.01. The molecule has 1 unspecified atom stereocenters. The SMILES string of the molecule is O=C(CC1CCCN(c2nc3ncccc3o2)C1)NCc1cnc2cnccn12. The minimum Gasteiger partial charge on any atom is -0.422 e. The van der Waals surface area contributed by atoms with Crippen LogP contribution in [0.15, 0.2) is 47.5 Å². The lowest BCUT2D eigenvalue weighted by Gasteiger charge is -2.31. The summed E-state index contributed by atoms with van der Waals surface area (Å²) in [5.41, 5.74) is 3.00. The van der Waals surface area contributed by atoms with Gasteiger partial charge in [-0.25, -0.2) is 9.97 Å². The first-order chi connectivity index (χ1) is 14.3. The molecule has 9 nitrogen and oxygen atoms in total. The molecule has 9 heteroatoms. The Morgan fingerprint density at radius 2 is 2.24 bits per heavy atom. The van der Waals surface area contributed by atoms with Gasteiger partial charge >= 0.3 is 0 Å². The fourth-order valence-electron chi connectivity index (χ4n) is 3.85. The molecule has 148 valence electrons. The van der Waals surface area contributed by atoms with Gasteiger partial charge in [-0.1, -0.05) is 0 Å². The number of carbonyl (C=O) groups excluding carboxylic acids is 1. The van der Waals surface area contributed by atoms with Crippen LogP contribution in [0, 0.1) is 5.92 Å². The summed E-state index contributed by atoms with van der Waals surface area (Å²) in [4.78, 5) is 31.7. The van der Waals surface area contributed by atoms with Gasteiger partial charge in [0.25, 0.3) is 6.01 Å². The molecule has 0 saturated carbocycles. The van der Waals surface area contributed by atoms with E-state index >= 15 is 0 Å². The van der Waals surface area contributed by atoms with Crippen molar-refractivity contribution in [2.45, 2.75) is 25.8 Å². The van der Waals surface area contributed by atoms with Gasteiger partial charge < -0.3 is 14.6 Å². The lowest BCUT2D eigenvalue weighted by atomic mass is 9.94. The minimum absolute atomic E-state index is 0.0417. The van der Waals surface area contributed by atoms with Crippen molar-refractivity contribution < 1.29 is 9.21 Å². The van der Waals surface area contributed by atoms with Gasteiger partial charge in [0.2, 0.25) is 11.6 Å². The summed E-state index contributed by atoms with van der Waals surface area (Å²) in [7, 11) is 0. The van der Waals surface area contributed by atoms with E-state index in [1.54, 1.807) is 24.8 Å². The van der Waals surface area contributed by atoms with Crippen LogP contribution in [-0.2, 0) is 11.3 Å². The maximum absolute atomic E-state index is 12.5. The van der Waals surface area contributed by atoms with Crippen LogP contribution < -0.4 is 10.2 Å². The number of nitrogens with zero attached hydrogens (tertiary/aromatic N) is 6. The van der Waals surface area contributed by atoms with Crippen LogP contribution in [0.5, 0.6) is 0 Å². The third kappa shape index (κ3) is 3.63. The van der Waals surface area contributed by atoms with Gasteiger partial charge in [0, 0.05) is 38.1 Å². The molecule has 0 radical (unpaired) electrons. The number of pyridine rings is 1. The molecule has 1 saturated heterocycles. The van der Waals surface area contributed by atoms with Crippen molar-refractivity contribution in [3.8, 4) is 0 Å². The van der Waals surface area contributed by atoms with E-state index in [2.05, 4.69) is 30.2 Å². The van der Waals surface area contributed by atoms with E-state index < -0.39 is 0 Å². The second-order valence-corrected chi connectivity index (χ2v) is 7.31. The summed E-state index contributed by atoms with van der Waals surface area (Å²) >= 11 is 0. The number of imidazole rings is 1. The first kappa shape index (κ1) is 17.6. The molecule has 0 spiro atoms. The zero-order chi connectivity index (χ0) is 19.6. The van der Waals surface area contributed by atoms with Gasteiger partial charge in [0.1, 0.15) is 0 Å². The van der Waals surface area contributed by atoms with E-state index in [1.165, 1.54) is 0 Å². The number of anilines is 1. The number of hydrogen-bond acceptors (Lipinski definition) is 7. The highest BCUT2D eigenvalue weighted by atomic mass is 16.4. The Hall–Kier alpha value is -3.49. The van der Waals surface area contributed by atoms with E-state index in [1.807, 2.05) is 22.7 Å². The number of fused-ring (bicyclic) bond motifs is 2. The summed E-state index contributed by atoms with van der Waals surface area (Å²) < 4.78 is 7.76. The molecule has 1 aliphatic rings. The largest absolute Gasteiger partial charge is 0.422 e. The lowest BCUT2D eigenvalue weighted by molar-refractivity contribution is -0.122. The molecule has 1 aliphatic heterocycles. The van der Waals surface area contributed by atoms with Crippen LogP contribution in [0.4, 0.5) is 6.01 Å². The highest BCUT2D eigenvalue weighted by molar-refractivity contribution is 5.76. The second kappa shape index (κ2) is 7.50. The van der Waals surface area contributed by atoms with Gasteiger partial charge in [0.15, 0.2) is 11.2 Å². The highest BCUT2D eigenvalue weighted by Crippen LogP contribution is 2.26. The Morgan fingerprint density at radius 3 is 3.17 bits per heavy atom. The zero-order valence-electron chi connectivity index (χ0n) is 15.9. The van der Waals surface area contributed by atoms with Crippen molar-refractivity contribution >= 4 is 28.8 Å². The number of nitrogens with one attached hydrogen (secondary N) is 1. The number of piperidine rings is 1. The molecule has 1 amide bonds. The smallest absolute Gasteiger partial charge is 0.299 e. The fourth-order valence-corrected chi connectivity index (χ4v) is 3.85. The first-order valence-electron chi connectivity index (χ1n) is 9.75. The Morgan fingerprint density at radius 1 is 1.28 bits per heavy atom. The van der Waals surface area contributed by atoms with Crippen molar-refractivity contribution in [2.24, 2.45) is 5.92 Å². The molecule has 29 heavy (non-hydrogen) atoms. The average molecular weight is 391 g/mol. The predicted octanol–water partition coefficient (Wildman–Crippen LogP) is 2.19. The van der Waals surface area contributed by atoms with Gasteiger partial charge in [-0.15, -0.1) is 0 Å². The molecule has 4 aromatic rings. The third-order valence-corrected chi connectivity index (χ3v) is 5.28. The van der Waals surface area contributed by atoms with E-state index in [-0.39, 0.29) is 11.8 Å². The molecule has 5 heterocycles. The molecule has 0 aliphatic carbocycles. The molecule has 1 N–H and O–H groups in total. The van der Waals surface area contributed by atoms with Crippen LogP contribution in [0.25, 0.3) is 16.9 Å². The number of aromatic nitrogens is 5. The molecule has 0 bridgehead atoms. The van der Waals surface area contributed by atoms with E-state index in [0.717, 1.165) is 37.3 Å². The number of hydrogen-bond donors (Lipinski definition) is 1. The number of amides is 1. The number of oxazole rings is 1. The van der Waals surface area contributed by atoms with Crippen molar-refractivity contribution in [1.29, 1.82) is 0 Å². The van der Waals surface area contributed by atoms with Crippen molar-refractivity contribution in [2.75, 3.05) is 18.0 Å². The van der Waals surface area contributed by atoms with Gasteiger partial charge in [-0.3, -0.25) is 14.2 Å². The average Bonchev–Trinajstić information content (AvgIpc) is 3.37. The van der Waals surface area contributed by atoms with Crippen LogP contribution in [0.3, 0.4) is 0 Å². The molecule has 0 aromatic carbocycles. The normalized spacial score (nSPS) is 17.1. The number of rotatable bonds is 5.